The molecule has 0 saturated carbocycles. The fourth-order valence-corrected chi connectivity index (χ4v) is 4.71. The van der Waals surface area contributed by atoms with E-state index in [0.29, 0.717) is 18.8 Å². The Morgan fingerprint density at radius 1 is 1.07 bits per heavy atom. The lowest BCUT2D eigenvalue weighted by atomic mass is 9.99. The van der Waals surface area contributed by atoms with Gasteiger partial charge in [-0.1, -0.05) is 24.3 Å². The van der Waals surface area contributed by atoms with Gasteiger partial charge in [-0.15, -0.1) is 0 Å². The van der Waals surface area contributed by atoms with E-state index in [1.165, 1.54) is 16.4 Å². The molecule has 0 bridgehead atoms. The van der Waals surface area contributed by atoms with E-state index in [1.54, 1.807) is 6.07 Å². The molecule has 8 heteroatoms. The van der Waals surface area contributed by atoms with Crippen LogP contribution in [0.3, 0.4) is 0 Å². The van der Waals surface area contributed by atoms with E-state index < -0.39 is 16.0 Å². The molecule has 0 amide bonds. The summed E-state index contributed by atoms with van der Waals surface area (Å²) in [7, 11) is 0.197. The number of hydrogen-bond donors (Lipinski definition) is 1. The number of rotatable bonds is 6. The number of ether oxygens (including phenoxy) is 1. The van der Waals surface area contributed by atoms with Gasteiger partial charge >= 0.3 is 5.97 Å². The van der Waals surface area contributed by atoms with Crippen LogP contribution < -0.4 is 0 Å². The molecule has 2 aromatic carbocycles. The predicted octanol–water partition coefficient (Wildman–Crippen LogP) is 2.70. The smallest absolute Gasteiger partial charge is 0.335 e. The highest BCUT2D eigenvalue weighted by atomic mass is 32.2. The molecule has 0 spiro atoms. The highest BCUT2D eigenvalue weighted by molar-refractivity contribution is 7.89. The first kappa shape index (κ1) is 21.4. The number of sulfonamides is 1. The number of hydrogen-bond acceptors (Lipinski definition) is 5. The molecule has 29 heavy (non-hydrogen) atoms. The fourth-order valence-electron chi connectivity index (χ4n) is 3.23. The van der Waals surface area contributed by atoms with Gasteiger partial charge in [0, 0.05) is 19.1 Å². The Labute approximate surface area is 171 Å². The van der Waals surface area contributed by atoms with Crippen molar-refractivity contribution in [3.8, 4) is 11.1 Å². The summed E-state index contributed by atoms with van der Waals surface area (Å²) in [6.45, 7) is 3.26. The second-order valence-electron chi connectivity index (χ2n) is 7.33. The molecule has 0 aromatic heterocycles. The van der Waals surface area contributed by atoms with Gasteiger partial charge in [-0.2, -0.15) is 4.31 Å². The van der Waals surface area contributed by atoms with E-state index in [-0.39, 0.29) is 29.6 Å². The quantitative estimate of drug-likeness (QED) is 0.776. The Bertz CT molecular complexity index is 981. The molecular formula is C21H26N2O5S. The maximum atomic E-state index is 13.0. The van der Waals surface area contributed by atoms with Gasteiger partial charge in [0.05, 0.1) is 23.7 Å². The largest absolute Gasteiger partial charge is 0.478 e. The third-order valence-corrected chi connectivity index (χ3v) is 7.14. The normalized spacial score (nSPS) is 16.7. The molecule has 1 aliphatic heterocycles. The Hall–Kier alpha value is -2.26. The Morgan fingerprint density at radius 2 is 1.69 bits per heavy atom. The SMILES string of the molecule is CC(c1ccc(-c2cc(C(=O)O)cc(S(=O)(=O)N3CCOCC3)c2)cc1)N(C)C. The molecule has 1 unspecified atom stereocenters. The molecule has 0 aliphatic carbocycles. The van der Waals surface area contributed by atoms with Gasteiger partial charge in [0.25, 0.3) is 0 Å². The number of carbonyl (C=O) groups is 1. The Morgan fingerprint density at radius 3 is 2.24 bits per heavy atom. The van der Waals surface area contributed by atoms with Gasteiger partial charge in [-0.05, 0) is 55.9 Å². The van der Waals surface area contributed by atoms with Crippen molar-refractivity contribution in [2.75, 3.05) is 40.4 Å². The van der Waals surface area contributed by atoms with Crippen LogP contribution in [0.1, 0.15) is 28.9 Å². The minimum Gasteiger partial charge on any atom is -0.478 e. The summed E-state index contributed by atoms with van der Waals surface area (Å²) in [4.78, 5) is 13.7. The molecule has 7 nitrogen and oxygen atoms in total. The summed E-state index contributed by atoms with van der Waals surface area (Å²) in [6.07, 6.45) is 0. The lowest BCUT2D eigenvalue weighted by Gasteiger charge is -2.26. The summed E-state index contributed by atoms with van der Waals surface area (Å²) in [5.41, 5.74) is 2.39. The van der Waals surface area contributed by atoms with Crippen LogP contribution in [0.4, 0.5) is 0 Å². The van der Waals surface area contributed by atoms with Gasteiger partial charge in [0.2, 0.25) is 10.0 Å². The number of morpholine rings is 1. The molecule has 1 atom stereocenters. The minimum absolute atomic E-state index is 0.0139. The standard InChI is InChI=1S/C21H26N2O5S/c1-15(22(2)3)16-4-6-17(7-5-16)18-12-19(21(24)25)14-20(13-18)29(26,27)23-8-10-28-11-9-23/h4-7,12-15H,8-11H2,1-3H3,(H,24,25). The molecule has 1 aliphatic rings. The van der Waals surface area contributed by atoms with Crippen molar-refractivity contribution in [3.05, 3.63) is 53.6 Å². The zero-order valence-corrected chi connectivity index (χ0v) is 17.6. The molecule has 1 saturated heterocycles. The average molecular weight is 419 g/mol. The maximum Gasteiger partial charge on any atom is 0.335 e. The average Bonchev–Trinajstić information content (AvgIpc) is 2.73. The van der Waals surface area contributed by atoms with Crippen molar-refractivity contribution in [3.63, 3.8) is 0 Å². The van der Waals surface area contributed by atoms with Gasteiger partial charge in [-0.3, -0.25) is 0 Å². The maximum absolute atomic E-state index is 13.0. The van der Waals surface area contributed by atoms with Crippen molar-refractivity contribution in [1.29, 1.82) is 0 Å². The summed E-state index contributed by atoms with van der Waals surface area (Å²) < 4.78 is 32.6. The van der Waals surface area contributed by atoms with Gasteiger partial charge in [-0.25, -0.2) is 13.2 Å². The Kier molecular flexibility index (Phi) is 6.38. The zero-order valence-electron chi connectivity index (χ0n) is 16.8. The van der Waals surface area contributed by atoms with Crippen LogP contribution in [0.15, 0.2) is 47.4 Å². The number of carboxylic acids is 1. The number of benzene rings is 2. The molecule has 1 N–H and O–H groups in total. The van der Waals surface area contributed by atoms with E-state index >= 15 is 0 Å². The highest BCUT2D eigenvalue weighted by Gasteiger charge is 2.27. The topological polar surface area (TPSA) is 87.1 Å². The van der Waals surface area contributed by atoms with Crippen molar-refractivity contribution >= 4 is 16.0 Å². The van der Waals surface area contributed by atoms with E-state index in [4.69, 9.17) is 4.74 Å². The summed E-state index contributed by atoms with van der Waals surface area (Å²) >= 11 is 0. The second kappa shape index (κ2) is 8.62. The monoisotopic (exact) mass is 418 g/mol. The first-order chi connectivity index (χ1) is 13.7. The third-order valence-electron chi connectivity index (χ3n) is 5.26. The molecule has 0 radical (unpaired) electrons. The van der Waals surface area contributed by atoms with Gasteiger partial charge < -0.3 is 14.7 Å². The second-order valence-corrected chi connectivity index (χ2v) is 9.27. The van der Waals surface area contributed by atoms with Crippen molar-refractivity contribution in [1.82, 2.24) is 9.21 Å². The third kappa shape index (κ3) is 4.67. The van der Waals surface area contributed by atoms with Crippen LogP contribution in [0, 0.1) is 0 Å². The molecule has 3 rings (SSSR count). The van der Waals surface area contributed by atoms with E-state index in [2.05, 4.69) is 11.8 Å². The number of nitrogens with zero attached hydrogens (tertiary/aromatic N) is 2. The minimum atomic E-state index is -3.80. The molecular weight excluding hydrogens is 392 g/mol. The lowest BCUT2D eigenvalue weighted by molar-refractivity contribution is 0.0696. The van der Waals surface area contributed by atoms with Crippen molar-refractivity contribution in [2.45, 2.75) is 17.9 Å². The summed E-state index contributed by atoms with van der Waals surface area (Å²) in [6, 6.07) is 12.2. The van der Waals surface area contributed by atoms with Crippen LogP contribution in [-0.2, 0) is 14.8 Å². The summed E-state index contributed by atoms with van der Waals surface area (Å²) in [5, 5.41) is 9.50. The molecule has 2 aromatic rings. The number of carboxylic acid groups (broad SMARTS) is 1. The first-order valence-corrected chi connectivity index (χ1v) is 10.9. The highest BCUT2D eigenvalue weighted by Crippen LogP contribution is 2.28. The lowest BCUT2D eigenvalue weighted by Crippen LogP contribution is -2.40. The first-order valence-electron chi connectivity index (χ1n) is 9.43. The van der Waals surface area contributed by atoms with Crippen LogP contribution in [0.25, 0.3) is 11.1 Å². The Balaban J connectivity index is 2.02. The van der Waals surface area contributed by atoms with Gasteiger partial charge in [0.1, 0.15) is 0 Å². The van der Waals surface area contributed by atoms with Gasteiger partial charge in [0.15, 0.2) is 0 Å². The van der Waals surface area contributed by atoms with E-state index in [9.17, 15) is 18.3 Å². The van der Waals surface area contributed by atoms with E-state index in [0.717, 1.165) is 11.1 Å². The van der Waals surface area contributed by atoms with Crippen LogP contribution in [0.5, 0.6) is 0 Å². The van der Waals surface area contributed by atoms with Crippen LogP contribution in [-0.4, -0.2) is 69.1 Å². The predicted molar refractivity (Wildman–Crippen MR) is 111 cm³/mol. The van der Waals surface area contributed by atoms with Crippen LogP contribution >= 0.6 is 0 Å². The summed E-state index contributed by atoms with van der Waals surface area (Å²) in [5.74, 6) is -1.16. The molecule has 1 heterocycles. The van der Waals surface area contributed by atoms with Crippen molar-refractivity contribution < 1.29 is 23.1 Å². The number of aromatic carboxylic acids is 1. The van der Waals surface area contributed by atoms with Crippen LogP contribution in [0.2, 0.25) is 0 Å². The molecule has 156 valence electrons. The van der Waals surface area contributed by atoms with Crippen molar-refractivity contribution in [2.24, 2.45) is 0 Å². The molecule has 1 fully saturated rings. The van der Waals surface area contributed by atoms with E-state index in [1.807, 2.05) is 38.4 Å². The fraction of sp³-hybridized carbons (Fsp3) is 0.381. The zero-order chi connectivity index (χ0) is 21.2.